The van der Waals surface area contributed by atoms with Gasteiger partial charge in [0.05, 0.1) is 26.5 Å². The van der Waals surface area contributed by atoms with E-state index in [0.717, 1.165) is 0 Å². The number of hydrogen-bond donors (Lipinski definition) is 2. The number of carbonyl (C=O) groups is 2. The molecular formula is C10H19N2Na2O10P. The van der Waals surface area contributed by atoms with E-state index >= 15 is 0 Å². The second kappa shape index (κ2) is 12.4. The largest absolute Gasteiger partial charge is 1.00 e. The number of aliphatic hydroxyl groups is 1. The number of ether oxygens (including phenoxy) is 1. The summed E-state index contributed by atoms with van der Waals surface area (Å²) in [6.07, 6.45) is -2.90. The molecule has 2 fully saturated rings. The maximum Gasteiger partial charge on any atom is 1.00 e. The second-order valence-corrected chi connectivity index (χ2v) is 6.18. The summed E-state index contributed by atoms with van der Waals surface area (Å²) in [7, 11) is -5.16. The van der Waals surface area contributed by atoms with Gasteiger partial charge in [0.1, 0.15) is 12.3 Å². The summed E-state index contributed by atoms with van der Waals surface area (Å²) >= 11 is 0. The van der Waals surface area contributed by atoms with Crippen LogP contribution in [0.5, 0.6) is 0 Å². The Bertz CT molecular complexity index is 492. The Kier molecular flexibility index (Phi) is 15.1. The van der Waals surface area contributed by atoms with E-state index in [0.29, 0.717) is 0 Å². The average Bonchev–Trinajstić information content (AvgIpc) is 2.72. The molecule has 0 aromatic carbocycles. The fourth-order valence-corrected chi connectivity index (χ4v) is 2.56. The third-order valence-corrected chi connectivity index (χ3v) is 3.82. The zero-order valence-electron chi connectivity index (χ0n) is 14.1. The molecule has 4 atom stereocenters. The van der Waals surface area contributed by atoms with Gasteiger partial charge < -0.3 is 39.7 Å². The number of phosphoric acid groups is 1. The first kappa shape index (κ1) is 30.6. The van der Waals surface area contributed by atoms with Crippen molar-refractivity contribution in [1.29, 1.82) is 0 Å². The minimum Gasteiger partial charge on any atom is -0.790 e. The van der Waals surface area contributed by atoms with Crippen LogP contribution in [0.1, 0.15) is 13.3 Å². The van der Waals surface area contributed by atoms with Crippen LogP contribution < -0.4 is 74.2 Å². The van der Waals surface area contributed by atoms with Gasteiger partial charge in [0.25, 0.3) is 0 Å². The summed E-state index contributed by atoms with van der Waals surface area (Å²) in [6, 6.07) is -0.643. The molecule has 136 valence electrons. The van der Waals surface area contributed by atoms with Gasteiger partial charge in [-0.25, -0.2) is 4.79 Å². The van der Waals surface area contributed by atoms with E-state index in [9.17, 15) is 29.0 Å². The van der Waals surface area contributed by atoms with Crippen molar-refractivity contribution < 1.29 is 108 Å². The normalized spacial score (nSPS) is 28.7. The molecule has 2 aliphatic rings. The van der Waals surface area contributed by atoms with Crippen molar-refractivity contribution in [2.75, 3.05) is 13.2 Å². The summed E-state index contributed by atoms with van der Waals surface area (Å²) in [5.74, 6) is -0.824. The SMILES string of the molecule is CC1CN(C2CC(O)C(COP(=O)([O-])[O-])O2)C(=O)NC1=O.O.O.[Na+].[Na+]. The van der Waals surface area contributed by atoms with Gasteiger partial charge >= 0.3 is 65.1 Å². The maximum absolute atomic E-state index is 11.7. The zero-order valence-corrected chi connectivity index (χ0v) is 19.0. The standard InChI is InChI=1S/C10H17N2O8P.2Na.2H2O/c1-5-3-12(10(15)11-9(5)14)8-2-6(13)7(20-8)4-19-21(16,17)18;;;;/h5-8,13H,2-4H2,1H3,(H,11,14,15)(H2,16,17,18);;;2*1H2/q;2*+1;;/p-2. The molecule has 0 spiro atoms. The molecule has 15 heteroatoms. The van der Waals surface area contributed by atoms with Crippen LogP contribution in [-0.2, 0) is 18.6 Å². The van der Waals surface area contributed by atoms with Gasteiger partial charge in [-0.15, -0.1) is 0 Å². The van der Waals surface area contributed by atoms with Crippen LogP contribution in [0.2, 0.25) is 0 Å². The first-order chi connectivity index (χ1) is 9.67. The van der Waals surface area contributed by atoms with Crippen LogP contribution in [0.3, 0.4) is 0 Å². The summed E-state index contributed by atoms with van der Waals surface area (Å²) < 4.78 is 19.8. The average molecular weight is 404 g/mol. The predicted octanol–water partition coefficient (Wildman–Crippen LogP) is -10.1. The van der Waals surface area contributed by atoms with Crippen LogP contribution in [0.25, 0.3) is 0 Å². The third kappa shape index (κ3) is 8.62. The van der Waals surface area contributed by atoms with Crippen molar-refractivity contribution in [1.82, 2.24) is 10.2 Å². The molecule has 2 saturated heterocycles. The monoisotopic (exact) mass is 404 g/mol. The summed E-state index contributed by atoms with van der Waals surface area (Å²) in [5.41, 5.74) is 0. The number of nitrogens with zero attached hydrogens (tertiary/aromatic N) is 1. The van der Waals surface area contributed by atoms with E-state index in [-0.39, 0.29) is 83.0 Å². The summed E-state index contributed by atoms with van der Waals surface area (Å²) in [6.45, 7) is 1.13. The quantitative estimate of drug-likeness (QED) is 0.338. The zero-order chi connectivity index (χ0) is 15.8. The summed E-state index contributed by atoms with van der Waals surface area (Å²) in [4.78, 5) is 45.1. The number of urea groups is 1. The van der Waals surface area contributed by atoms with Gasteiger partial charge in [-0.2, -0.15) is 0 Å². The third-order valence-electron chi connectivity index (χ3n) is 3.36. The number of imide groups is 1. The van der Waals surface area contributed by atoms with Gasteiger partial charge in [0, 0.05) is 13.0 Å². The summed E-state index contributed by atoms with van der Waals surface area (Å²) in [5, 5.41) is 11.9. The van der Waals surface area contributed by atoms with E-state index in [1.165, 1.54) is 4.90 Å². The van der Waals surface area contributed by atoms with Crippen LogP contribution >= 0.6 is 7.82 Å². The Balaban J connectivity index is -0.00000121. The Morgan fingerprint density at radius 3 is 2.44 bits per heavy atom. The topological polar surface area (TPSA) is 214 Å². The minimum atomic E-state index is -5.16. The van der Waals surface area contributed by atoms with Crippen molar-refractivity contribution in [2.24, 2.45) is 5.92 Å². The molecule has 0 bridgehead atoms. The van der Waals surface area contributed by atoms with Crippen molar-refractivity contribution in [3.05, 3.63) is 0 Å². The van der Waals surface area contributed by atoms with Crippen LogP contribution in [-0.4, -0.2) is 64.5 Å². The van der Waals surface area contributed by atoms with Gasteiger partial charge in [-0.1, -0.05) is 6.92 Å². The first-order valence-corrected chi connectivity index (χ1v) is 7.75. The van der Waals surface area contributed by atoms with Crippen molar-refractivity contribution in [2.45, 2.75) is 31.8 Å². The van der Waals surface area contributed by atoms with Gasteiger partial charge in [0.2, 0.25) is 5.91 Å². The molecule has 25 heavy (non-hydrogen) atoms. The smallest absolute Gasteiger partial charge is 0.790 e. The van der Waals surface area contributed by atoms with Crippen LogP contribution in [0.15, 0.2) is 0 Å². The molecule has 2 aliphatic heterocycles. The second-order valence-electron chi connectivity index (χ2n) is 5.02. The van der Waals surface area contributed by atoms with E-state index in [4.69, 9.17) is 4.74 Å². The molecule has 2 rings (SSSR count). The fourth-order valence-electron chi connectivity index (χ4n) is 2.23. The number of hydrogen-bond acceptors (Lipinski definition) is 8. The van der Waals surface area contributed by atoms with Gasteiger partial charge in [-0.3, -0.25) is 15.0 Å². The van der Waals surface area contributed by atoms with Crippen LogP contribution in [0.4, 0.5) is 4.79 Å². The number of nitrogens with one attached hydrogen (secondary N) is 1. The molecular weight excluding hydrogens is 385 g/mol. The number of carbonyl (C=O) groups excluding carboxylic acids is 2. The molecule has 0 saturated carbocycles. The van der Waals surface area contributed by atoms with E-state index in [1.54, 1.807) is 6.92 Å². The van der Waals surface area contributed by atoms with Crippen molar-refractivity contribution in [3.63, 3.8) is 0 Å². The molecule has 3 amide bonds. The Hall–Kier alpha value is 0.890. The van der Waals surface area contributed by atoms with E-state index in [1.807, 2.05) is 0 Å². The van der Waals surface area contributed by atoms with Crippen molar-refractivity contribution >= 4 is 19.8 Å². The molecule has 0 radical (unpaired) electrons. The molecule has 12 nitrogen and oxygen atoms in total. The maximum atomic E-state index is 11.7. The first-order valence-electron chi connectivity index (χ1n) is 6.29. The minimum absolute atomic E-state index is 0. The number of aliphatic hydroxyl groups excluding tert-OH is 1. The molecule has 0 aliphatic carbocycles. The molecule has 0 aromatic rings. The van der Waals surface area contributed by atoms with E-state index < -0.39 is 50.7 Å². The Morgan fingerprint density at radius 1 is 1.36 bits per heavy atom. The van der Waals surface area contributed by atoms with E-state index in [2.05, 4.69) is 9.84 Å². The van der Waals surface area contributed by atoms with Crippen LogP contribution in [0, 0.1) is 5.92 Å². The Labute approximate surface area is 188 Å². The molecule has 6 N–H and O–H groups in total. The number of amides is 3. The Morgan fingerprint density at radius 2 is 1.92 bits per heavy atom. The van der Waals surface area contributed by atoms with Gasteiger partial charge in [0.15, 0.2) is 0 Å². The van der Waals surface area contributed by atoms with Gasteiger partial charge in [-0.05, 0) is 0 Å². The molecule has 4 unspecified atom stereocenters. The molecule has 2 heterocycles. The fraction of sp³-hybridized carbons (Fsp3) is 0.800. The van der Waals surface area contributed by atoms with Crippen molar-refractivity contribution in [3.8, 4) is 0 Å². The number of phosphoric ester groups is 1. The number of rotatable bonds is 4. The predicted molar refractivity (Wildman–Crippen MR) is 69.5 cm³/mol. The molecule has 0 aromatic heterocycles.